The Morgan fingerprint density at radius 1 is 0.509 bits per heavy atom. The van der Waals surface area contributed by atoms with Gasteiger partial charge in [0.25, 0.3) is 0 Å². The number of nitrogens with zero attached hydrogens (tertiary/aromatic N) is 4. The standard InChI is InChI=1S/C49H36N4/c1-33-32-42(34-24-28-36(29-25-34)48-50-43-20-10-12-22-45(43)52(48)38-14-4-2-5-15-38)40-18-8-9-19-41(40)47(33)35-26-30-37(31-27-35)49-51-44-21-11-13-23-46(44)53(49)39-16-6-3-7-17-39/h2-10,12-20,22-32H,11,21H2,1H3. The molecule has 0 fully saturated rings. The van der Waals surface area contributed by atoms with Gasteiger partial charge in [-0.25, -0.2) is 9.97 Å². The molecule has 252 valence electrons. The van der Waals surface area contributed by atoms with Gasteiger partial charge in [-0.05, 0) is 101 Å². The number of hydrogen-bond acceptors (Lipinski definition) is 2. The fourth-order valence-electron chi connectivity index (χ4n) is 8.06. The van der Waals surface area contributed by atoms with Crippen molar-refractivity contribution in [3.8, 4) is 56.4 Å². The van der Waals surface area contributed by atoms with E-state index in [1.165, 1.54) is 44.3 Å². The highest BCUT2D eigenvalue weighted by molar-refractivity contribution is 6.06. The maximum absolute atomic E-state index is 5.18. The van der Waals surface area contributed by atoms with Crippen molar-refractivity contribution >= 4 is 27.9 Å². The lowest BCUT2D eigenvalue weighted by Gasteiger charge is -2.17. The lowest BCUT2D eigenvalue weighted by molar-refractivity contribution is 0.936. The monoisotopic (exact) mass is 680 g/mol. The SMILES string of the molecule is Cc1cc(-c2ccc(-c3nc4ccccc4n3-c3ccccc3)cc2)c2ccccc2c1-c1ccc(-c2nc3c(n2-c2ccccc2)C=CCC3)cc1. The molecule has 0 saturated heterocycles. The van der Waals surface area contributed by atoms with E-state index in [1.54, 1.807) is 0 Å². The van der Waals surface area contributed by atoms with Crippen molar-refractivity contribution in [1.29, 1.82) is 0 Å². The van der Waals surface area contributed by atoms with Crippen molar-refractivity contribution < 1.29 is 0 Å². The van der Waals surface area contributed by atoms with E-state index < -0.39 is 0 Å². The summed E-state index contributed by atoms with van der Waals surface area (Å²) in [7, 11) is 0. The minimum atomic E-state index is 0.937. The van der Waals surface area contributed by atoms with Crippen LogP contribution in [-0.4, -0.2) is 19.1 Å². The van der Waals surface area contributed by atoms with Gasteiger partial charge in [0.1, 0.15) is 11.6 Å². The Morgan fingerprint density at radius 2 is 1.08 bits per heavy atom. The Hall–Kier alpha value is -6.78. The average Bonchev–Trinajstić information content (AvgIpc) is 3.81. The number of allylic oxidation sites excluding steroid dienone is 1. The molecule has 4 heteroatoms. The molecule has 2 heterocycles. The summed E-state index contributed by atoms with van der Waals surface area (Å²) in [6.07, 6.45) is 6.47. The number of aromatic nitrogens is 4. The topological polar surface area (TPSA) is 35.6 Å². The zero-order valence-corrected chi connectivity index (χ0v) is 29.4. The molecule has 0 amide bonds. The summed E-state index contributed by atoms with van der Waals surface area (Å²) in [5.41, 5.74) is 15.0. The van der Waals surface area contributed by atoms with Gasteiger partial charge < -0.3 is 0 Å². The Labute approximate surface area is 309 Å². The van der Waals surface area contributed by atoms with Crippen LogP contribution in [0.3, 0.4) is 0 Å². The van der Waals surface area contributed by atoms with Crippen molar-refractivity contribution in [2.75, 3.05) is 0 Å². The molecule has 0 unspecified atom stereocenters. The van der Waals surface area contributed by atoms with Gasteiger partial charge in [-0.15, -0.1) is 0 Å². The number of benzene rings is 7. The third-order valence-electron chi connectivity index (χ3n) is 10.5. The van der Waals surface area contributed by atoms with Crippen LogP contribution in [-0.2, 0) is 6.42 Å². The molecule has 4 nitrogen and oxygen atoms in total. The van der Waals surface area contributed by atoms with Crippen LogP contribution >= 0.6 is 0 Å². The first kappa shape index (κ1) is 31.0. The minimum Gasteiger partial charge on any atom is -0.293 e. The summed E-state index contributed by atoms with van der Waals surface area (Å²) < 4.78 is 4.56. The molecule has 2 aromatic heterocycles. The fraction of sp³-hybridized carbons (Fsp3) is 0.0612. The summed E-state index contributed by atoms with van der Waals surface area (Å²) in [4.78, 5) is 10.3. The first-order valence-corrected chi connectivity index (χ1v) is 18.3. The summed E-state index contributed by atoms with van der Waals surface area (Å²) in [5.74, 6) is 1.92. The maximum atomic E-state index is 5.18. The van der Waals surface area contributed by atoms with Gasteiger partial charge in [0.15, 0.2) is 0 Å². The fourth-order valence-corrected chi connectivity index (χ4v) is 8.06. The van der Waals surface area contributed by atoms with Gasteiger partial charge in [-0.3, -0.25) is 9.13 Å². The molecule has 0 atom stereocenters. The van der Waals surface area contributed by atoms with Gasteiger partial charge in [0, 0.05) is 22.5 Å². The highest BCUT2D eigenvalue weighted by atomic mass is 15.1. The molecule has 0 saturated carbocycles. The largest absolute Gasteiger partial charge is 0.293 e. The number of aryl methyl sites for hydroxylation is 2. The Morgan fingerprint density at radius 3 is 1.79 bits per heavy atom. The molecule has 9 aromatic rings. The van der Waals surface area contributed by atoms with Crippen LogP contribution in [0.4, 0.5) is 0 Å². The lowest BCUT2D eigenvalue weighted by atomic mass is 9.88. The highest BCUT2D eigenvalue weighted by Gasteiger charge is 2.21. The van der Waals surface area contributed by atoms with E-state index in [4.69, 9.17) is 9.97 Å². The van der Waals surface area contributed by atoms with Crippen molar-refractivity contribution in [2.45, 2.75) is 19.8 Å². The Bertz CT molecular complexity index is 2800. The Kier molecular flexibility index (Phi) is 7.47. The second kappa shape index (κ2) is 12.8. The first-order valence-electron chi connectivity index (χ1n) is 18.3. The van der Waals surface area contributed by atoms with Crippen LogP contribution < -0.4 is 0 Å². The van der Waals surface area contributed by atoms with Gasteiger partial charge >= 0.3 is 0 Å². The van der Waals surface area contributed by atoms with Gasteiger partial charge in [-0.2, -0.15) is 0 Å². The molecule has 0 N–H and O–H groups in total. The van der Waals surface area contributed by atoms with E-state index in [0.717, 1.165) is 63.7 Å². The van der Waals surface area contributed by atoms with Crippen LogP contribution in [0.1, 0.15) is 23.4 Å². The summed E-state index contributed by atoms with van der Waals surface area (Å²) >= 11 is 0. The molecule has 7 aromatic carbocycles. The predicted octanol–water partition coefficient (Wildman–Crippen LogP) is 12.3. The van der Waals surface area contributed by atoms with Crippen LogP contribution in [0.2, 0.25) is 0 Å². The first-order chi connectivity index (χ1) is 26.2. The normalized spacial score (nSPS) is 12.4. The van der Waals surface area contributed by atoms with Crippen LogP contribution in [0.25, 0.3) is 84.3 Å². The predicted molar refractivity (Wildman–Crippen MR) is 220 cm³/mol. The molecule has 0 radical (unpaired) electrons. The van der Waals surface area contributed by atoms with Crippen molar-refractivity contribution in [1.82, 2.24) is 19.1 Å². The highest BCUT2D eigenvalue weighted by Crippen LogP contribution is 2.40. The van der Waals surface area contributed by atoms with Crippen molar-refractivity contribution in [3.05, 3.63) is 187 Å². The van der Waals surface area contributed by atoms with E-state index >= 15 is 0 Å². The molecular formula is C49H36N4. The van der Waals surface area contributed by atoms with Crippen LogP contribution in [0, 0.1) is 6.92 Å². The Balaban J connectivity index is 1.03. The number of fused-ring (bicyclic) bond motifs is 3. The molecule has 10 rings (SSSR count). The van der Waals surface area contributed by atoms with E-state index in [2.05, 4.69) is 186 Å². The molecular weight excluding hydrogens is 645 g/mol. The minimum absolute atomic E-state index is 0.937. The van der Waals surface area contributed by atoms with Crippen LogP contribution in [0.15, 0.2) is 170 Å². The molecule has 1 aliphatic rings. The molecule has 1 aliphatic carbocycles. The van der Waals surface area contributed by atoms with Gasteiger partial charge in [-0.1, -0.05) is 133 Å². The van der Waals surface area contributed by atoms with Crippen LogP contribution in [0.5, 0.6) is 0 Å². The number of imidazole rings is 2. The average molecular weight is 681 g/mol. The smallest absolute Gasteiger partial charge is 0.145 e. The second-order valence-corrected chi connectivity index (χ2v) is 13.8. The number of para-hydroxylation sites is 4. The second-order valence-electron chi connectivity index (χ2n) is 13.8. The molecule has 0 aliphatic heterocycles. The quantitative estimate of drug-likeness (QED) is 0.175. The van der Waals surface area contributed by atoms with Gasteiger partial charge in [0.2, 0.25) is 0 Å². The van der Waals surface area contributed by atoms with E-state index in [9.17, 15) is 0 Å². The third-order valence-corrected chi connectivity index (χ3v) is 10.5. The van der Waals surface area contributed by atoms with E-state index in [-0.39, 0.29) is 0 Å². The molecule has 53 heavy (non-hydrogen) atoms. The zero-order valence-electron chi connectivity index (χ0n) is 29.4. The number of rotatable bonds is 6. The zero-order chi connectivity index (χ0) is 35.3. The maximum Gasteiger partial charge on any atom is 0.145 e. The number of hydrogen-bond donors (Lipinski definition) is 0. The van der Waals surface area contributed by atoms with Crippen molar-refractivity contribution in [3.63, 3.8) is 0 Å². The van der Waals surface area contributed by atoms with E-state index in [1.807, 2.05) is 6.07 Å². The molecule has 0 spiro atoms. The summed E-state index contributed by atoms with van der Waals surface area (Å²) in [6, 6.07) is 58.4. The third kappa shape index (κ3) is 5.30. The van der Waals surface area contributed by atoms with Crippen molar-refractivity contribution in [2.24, 2.45) is 0 Å². The van der Waals surface area contributed by atoms with E-state index in [0.29, 0.717) is 0 Å². The summed E-state index contributed by atoms with van der Waals surface area (Å²) in [6.45, 7) is 2.23. The summed E-state index contributed by atoms with van der Waals surface area (Å²) in [5, 5.41) is 2.48. The lowest BCUT2D eigenvalue weighted by Crippen LogP contribution is -2.01. The molecule has 0 bridgehead atoms. The van der Waals surface area contributed by atoms with Gasteiger partial charge in [0.05, 0.1) is 22.4 Å².